The molecule has 2 rings (SSSR count). The molecule has 0 N–H and O–H groups in total. The first-order chi connectivity index (χ1) is 9.11. The van der Waals surface area contributed by atoms with Crippen molar-refractivity contribution >= 4 is 11.8 Å². The monoisotopic (exact) mass is 266 g/mol. The van der Waals surface area contributed by atoms with Crippen LogP contribution in [0, 0.1) is 11.8 Å². The third kappa shape index (κ3) is 3.48. The predicted molar refractivity (Wildman–Crippen MR) is 74.6 cm³/mol. The van der Waals surface area contributed by atoms with Crippen molar-refractivity contribution in [1.82, 2.24) is 9.80 Å². The average Bonchev–Trinajstić information content (AvgIpc) is 2.78. The summed E-state index contributed by atoms with van der Waals surface area (Å²) >= 11 is 0. The number of hydrogen-bond acceptors (Lipinski definition) is 2. The van der Waals surface area contributed by atoms with Crippen LogP contribution in [-0.2, 0) is 9.59 Å². The SMILES string of the molecule is CCCCN1CC(C(=O)N2CCC(C)CC2)CC1=O. The lowest BCUT2D eigenvalue weighted by molar-refractivity contribution is -0.137. The number of amides is 2. The standard InChI is InChI=1S/C15H26N2O2/c1-3-4-7-17-11-13(10-14(17)18)15(19)16-8-5-12(2)6-9-16/h12-13H,3-11H2,1-2H3. The van der Waals surface area contributed by atoms with Gasteiger partial charge in [-0.25, -0.2) is 0 Å². The van der Waals surface area contributed by atoms with Crippen molar-refractivity contribution in [2.45, 2.75) is 46.0 Å². The topological polar surface area (TPSA) is 40.6 Å². The fourth-order valence-corrected chi connectivity index (χ4v) is 2.99. The van der Waals surface area contributed by atoms with Crippen LogP contribution in [0.15, 0.2) is 0 Å². The molecule has 2 aliphatic rings. The predicted octanol–water partition coefficient (Wildman–Crippen LogP) is 1.89. The normalized spacial score (nSPS) is 25.2. The summed E-state index contributed by atoms with van der Waals surface area (Å²) in [7, 11) is 0. The lowest BCUT2D eigenvalue weighted by Crippen LogP contribution is -2.42. The zero-order valence-electron chi connectivity index (χ0n) is 12.2. The smallest absolute Gasteiger partial charge is 0.227 e. The zero-order chi connectivity index (χ0) is 13.8. The van der Waals surface area contributed by atoms with Gasteiger partial charge in [-0.2, -0.15) is 0 Å². The zero-order valence-corrected chi connectivity index (χ0v) is 12.2. The Hall–Kier alpha value is -1.06. The van der Waals surface area contributed by atoms with Crippen LogP contribution in [0.5, 0.6) is 0 Å². The average molecular weight is 266 g/mol. The van der Waals surface area contributed by atoms with Gasteiger partial charge < -0.3 is 9.80 Å². The molecular formula is C15H26N2O2. The van der Waals surface area contributed by atoms with E-state index >= 15 is 0 Å². The minimum absolute atomic E-state index is 0.0854. The Morgan fingerprint density at radius 1 is 1.32 bits per heavy atom. The molecule has 0 spiro atoms. The van der Waals surface area contributed by atoms with Gasteiger partial charge in [0.05, 0.1) is 5.92 Å². The van der Waals surface area contributed by atoms with E-state index in [1.54, 1.807) is 0 Å². The number of unbranched alkanes of at least 4 members (excludes halogenated alkanes) is 1. The molecule has 0 aromatic rings. The second-order valence-electron chi connectivity index (χ2n) is 6.10. The van der Waals surface area contributed by atoms with Crippen molar-refractivity contribution in [1.29, 1.82) is 0 Å². The number of rotatable bonds is 4. The Labute approximate surface area is 116 Å². The van der Waals surface area contributed by atoms with E-state index in [1.807, 2.05) is 9.80 Å². The summed E-state index contributed by atoms with van der Waals surface area (Å²) < 4.78 is 0. The van der Waals surface area contributed by atoms with E-state index in [4.69, 9.17) is 0 Å². The van der Waals surface area contributed by atoms with Gasteiger partial charge in [0.15, 0.2) is 0 Å². The molecule has 108 valence electrons. The number of piperidine rings is 1. The first-order valence-corrected chi connectivity index (χ1v) is 7.68. The molecule has 2 amide bonds. The molecule has 2 fully saturated rings. The van der Waals surface area contributed by atoms with Crippen LogP contribution in [0.1, 0.15) is 46.0 Å². The first-order valence-electron chi connectivity index (χ1n) is 7.68. The minimum Gasteiger partial charge on any atom is -0.342 e. The van der Waals surface area contributed by atoms with Gasteiger partial charge in [0.25, 0.3) is 0 Å². The van der Waals surface area contributed by atoms with E-state index in [1.165, 1.54) is 0 Å². The molecule has 0 aromatic carbocycles. The fourth-order valence-electron chi connectivity index (χ4n) is 2.99. The van der Waals surface area contributed by atoms with Gasteiger partial charge >= 0.3 is 0 Å². The molecule has 0 aliphatic carbocycles. The van der Waals surface area contributed by atoms with Crippen molar-refractivity contribution in [3.63, 3.8) is 0 Å². The van der Waals surface area contributed by atoms with E-state index in [0.29, 0.717) is 13.0 Å². The van der Waals surface area contributed by atoms with Gasteiger partial charge in [0, 0.05) is 32.6 Å². The molecule has 1 unspecified atom stereocenters. The third-order valence-corrected chi connectivity index (χ3v) is 4.44. The molecule has 0 radical (unpaired) electrons. The maximum atomic E-state index is 12.4. The lowest BCUT2D eigenvalue weighted by Gasteiger charge is -2.32. The highest BCUT2D eigenvalue weighted by Gasteiger charge is 2.36. The van der Waals surface area contributed by atoms with Crippen molar-refractivity contribution in [2.24, 2.45) is 11.8 Å². The van der Waals surface area contributed by atoms with Gasteiger partial charge in [0.1, 0.15) is 0 Å². The minimum atomic E-state index is -0.0854. The Balaban J connectivity index is 1.85. The van der Waals surface area contributed by atoms with Gasteiger partial charge in [-0.05, 0) is 25.2 Å². The van der Waals surface area contributed by atoms with Crippen LogP contribution >= 0.6 is 0 Å². The van der Waals surface area contributed by atoms with Crippen molar-refractivity contribution in [3.8, 4) is 0 Å². The Morgan fingerprint density at radius 2 is 2.00 bits per heavy atom. The Morgan fingerprint density at radius 3 is 2.63 bits per heavy atom. The molecule has 2 saturated heterocycles. The highest BCUT2D eigenvalue weighted by Crippen LogP contribution is 2.23. The summed E-state index contributed by atoms with van der Waals surface area (Å²) in [4.78, 5) is 28.2. The molecular weight excluding hydrogens is 240 g/mol. The van der Waals surface area contributed by atoms with Crippen molar-refractivity contribution in [2.75, 3.05) is 26.2 Å². The third-order valence-electron chi connectivity index (χ3n) is 4.44. The molecule has 19 heavy (non-hydrogen) atoms. The van der Waals surface area contributed by atoms with Crippen LogP contribution in [0.25, 0.3) is 0 Å². The summed E-state index contributed by atoms with van der Waals surface area (Å²) in [6, 6.07) is 0. The highest BCUT2D eigenvalue weighted by molar-refractivity contribution is 5.89. The number of likely N-dealkylation sites (tertiary alicyclic amines) is 2. The summed E-state index contributed by atoms with van der Waals surface area (Å²) in [6.45, 7) is 7.57. The van der Waals surface area contributed by atoms with Crippen molar-refractivity contribution in [3.05, 3.63) is 0 Å². The van der Waals surface area contributed by atoms with E-state index in [0.717, 1.165) is 51.2 Å². The molecule has 0 aromatic heterocycles. The highest BCUT2D eigenvalue weighted by atomic mass is 16.2. The maximum absolute atomic E-state index is 12.4. The first kappa shape index (κ1) is 14.4. The lowest BCUT2D eigenvalue weighted by atomic mass is 9.97. The van der Waals surface area contributed by atoms with E-state index < -0.39 is 0 Å². The summed E-state index contributed by atoms with van der Waals surface area (Å²) in [5.74, 6) is 1.02. The van der Waals surface area contributed by atoms with Crippen LogP contribution in [0.3, 0.4) is 0 Å². The van der Waals surface area contributed by atoms with Crippen LogP contribution in [-0.4, -0.2) is 47.8 Å². The second kappa shape index (κ2) is 6.40. The summed E-state index contributed by atoms with van der Waals surface area (Å²) in [6.07, 6.45) is 4.76. The largest absolute Gasteiger partial charge is 0.342 e. The number of carbonyl (C=O) groups is 2. The van der Waals surface area contributed by atoms with E-state index in [2.05, 4.69) is 13.8 Å². The van der Waals surface area contributed by atoms with Crippen molar-refractivity contribution < 1.29 is 9.59 Å². The molecule has 4 heteroatoms. The maximum Gasteiger partial charge on any atom is 0.227 e. The van der Waals surface area contributed by atoms with E-state index in [9.17, 15) is 9.59 Å². The van der Waals surface area contributed by atoms with E-state index in [-0.39, 0.29) is 17.7 Å². The molecule has 4 nitrogen and oxygen atoms in total. The number of hydrogen-bond donors (Lipinski definition) is 0. The molecule has 0 saturated carbocycles. The second-order valence-corrected chi connectivity index (χ2v) is 6.10. The fraction of sp³-hybridized carbons (Fsp3) is 0.867. The molecule has 2 heterocycles. The Kier molecular flexibility index (Phi) is 4.83. The van der Waals surface area contributed by atoms with Gasteiger partial charge in [0.2, 0.25) is 11.8 Å². The number of nitrogens with zero attached hydrogens (tertiary/aromatic N) is 2. The van der Waals surface area contributed by atoms with Crippen LogP contribution in [0.2, 0.25) is 0 Å². The van der Waals surface area contributed by atoms with Crippen LogP contribution in [0.4, 0.5) is 0 Å². The Bertz CT molecular complexity index is 335. The number of carbonyl (C=O) groups excluding carboxylic acids is 2. The molecule has 2 aliphatic heterocycles. The quantitative estimate of drug-likeness (QED) is 0.779. The van der Waals surface area contributed by atoms with Gasteiger partial charge in [-0.15, -0.1) is 0 Å². The summed E-state index contributed by atoms with van der Waals surface area (Å²) in [5, 5.41) is 0. The van der Waals surface area contributed by atoms with Crippen LogP contribution < -0.4 is 0 Å². The van der Waals surface area contributed by atoms with Gasteiger partial charge in [-0.3, -0.25) is 9.59 Å². The molecule has 1 atom stereocenters. The van der Waals surface area contributed by atoms with Gasteiger partial charge in [-0.1, -0.05) is 20.3 Å². The molecule has 0 bridgehead atoms. The summed E-state index contributed by atoms with van der Waals surface area (Å²) in [5.41, 5.74) is 0.